The molecule has 0 aliphatic heterocycles. The van der Waals surface area contributed by atoms with E-state index in [1.807, 2.05) is 24.4 Å². The monoisotopic (exact) mass is 261 g/mol. The molecule has 0 aliphatic rings. The number of H-pyrrole nitrogens is 1. The second-order valence-corrected chi connectivity index (χ2v) is 4.09. The number of carbonyl (C=O) groups excluding carboxylic acids is 1. The Bertz CT molecular complexity index is 634. The third kappa shape index (κ3) is 2.85. The molecule has 4 heteroatoms. The largest absolute Gasteiger partial charge is 0.465 e. The van der Waals surface area contributed by atoms with Gasteiger partial charge in [0.1, 0.15) is 6.42 Å². The molecule has 2 rings (SSSR count). The standard InChI is InChI=1S/C14H12ClNO2/c1-2-18-14(17)5-3-4-10-8-11-6-7-16-13(11)9-12(10)15/h6-9,16H,2,5H2,1H3. The Labute approximate surface area is 110 Å². The number of hydrogen-bond donors (Lipinski definition) is 1. The number of fused-ring (bicyclic) bond motifs is 1. The van der Waals surface area contributed by atoms with Crippen molar-refractivity contribution in [3.63, 3.8) is 0 Å². The summed E-state index contributed by atoms with van der Waals surface area (Å²) >= 11 is 6.10. The molecule has 0 saturated carbocycles. The zero-order chi connectivity index (χ0) is 13.0. The maximum absolute atomic E-state index is 11.1. The fourth-order valence-corrected chi connectivity index (χ4v) is 1.80. The molecule has 0 fully saturated rings. The molecule has 2 aromatic rings. The Kier molecular flexibility index (Phi) is 3.91. The lowest BCUT2D eigenvalue weighted by Crippen LogP contribution is -2.01. The summed E-state index contributed by atoms with van der Waals surface area (Å²) in [5, 5.41) is 1.61. The topological polar surface area (TPSA) is 42.1 Å². The lowest BCUT2D eigenvalue weighted by molar-refractivity contribution is -0.141. The van der Waals surface area contributed by atoms with Gasteiger partial charge in [-0.1, -0.05) is 23.4 Å². The van der Waals surface area contributed by atoms with Gasteiger partial charge in [0.2, 0.25) is 0 Å². The van der Waals surface area contributed by atoms with Crippen LogP contribution in [0.15, 0.2) is 24.4 Å². The highest BCUT2D eigenvalue weighted by molar-refractivity contribution is 6.32. The van der Waals surface area contributed by atoms with Crippen LogP contribution in [-0.2, 0) is 9.53 Å². The molecule has 0 unspecified atom stereocenters. The lowest BCUT2D eigenvalue weighted by atomic mass is 10.1. The van der Waals surface area contributed by atoms with Crippen molar-refractivity contribution >= 4 is 28.5 Å². The fourth-order valence-electron chi connectivity index (χ4n) is 1.59. The molecular formula is C14H12ClNO2. The number of rotatable bonds is 2. The van der Waals surface area contributed by atoms with Crippen molar-refractivity contribution in [2.24, 2.45) is 0 Å². The van der Waals surface area contributed by atoms with E-state index in [1.54, 1.807) is 6.92 Å². The average Bonchev–Trinajstić information content (AvgIpc) is 2.76. The minimum atomic E-state index is -0.316. The van der Waals surface area contributed by atoms with Gasteiger partial charge in [0.25, 0.3) is 0 Å². The molecular weight excluding hydrogens is 250 g/mol. The van der Waals surface area contributed by atoms with Crippen LogP contribution in [0.1, 0.15) is 18.9 Å². The number of benzene rings is 1. The van der Waals surface area contributed by atoms with Gasteiger partial charge in [-0.05, 0) is 25.1 Å². The van der Waals surface area contributed by atoms with Crippen molar-refractivity contribution in [1.82, 2.24) is 4.98 Å². The minimum absolute atomic E-state index is 0.0787. The molecule has 1 heterocycles. The zero-order valence-electron chi connectivity index (χ0n) is 9.92. The van der Waals surface area contributed by atoms with Crippen molar-refractivity contribution in [2.45, 2.75) is 13.3 Å². The van der Waals surface area contributed by atoms with Crippen LogP contribution in [0.5, 0.6) is 0 Å². The second kappa shape index (κ2) is 5.61. The first-order valence-electron chi connectivity index (χ1n) is 5.62. The van der Waals surface area contributed by atoms with Crippen LogP contribution >= 0.6 is 11.6 Å². The van der Waals surface area contributed by atoms with Crippen LogP contribution in [0.4, 0.5) is 0 Å². The summed E-state index contributed by atoms with van der Waals surface area (Å²) < 4.78 is 4.79. The fraction of sp³-hybridized carbons (Fsp3) is 0.214. The van der Waals surface area contributed by atoms with E-state index in [-0.39, 0.29) is 12.4 Å². The quantitative estimate of drug-likeness (QED) is 0.667. The Balaban J connectivity index is 2.18. The molecule has 0 amide bonds. The summed E-state index contributed by atoms with van der Waals surface area (Å²) in [7, 11) is 0. The predicted octanol–water partition coefficient (Wildman–Crippen LogP) is 3.13. The maximum atomic E-state index is 11.1. The van der Waals surface area contributed by atoms with E-state index < -0.39 is 0 Å². The van der Waals surface area contributed by atoms with Crippen LogP contribution in [-0.4, -0.2) is 17.6 Å². The number of nitrogens with one attached hydrogen (secondary N) is 1. The summed E-state index contributed by atoms with van der Waals surface area (Å²) in [4.78, 5) is 14.2. The van der Waals surface area contributed by atoms with Crippen LogP contribution in [0.2, 0.25) is 5.02 Å². The van der Waals surface area contributed by atoms with Gasteiger partial charge in [-0.3, -0.25) is 4.79 Å². The molecule has 18 heavy (non-hydrogen) atoms. The Morgan fingerprint density at radius 1 is 1.50 bits per heavy atom. The van der Waals surface area contributed by atoms with Gasteiger partial charge in [0, 0.05) is 22.7 Å². The van der Waals surface area contributed by atoms with Gasteiger partial charge in [0.05, 0.1) is 11.6 Å². The highest BCUT2D eigenvalue weighted by Crippen LogP contribution is 2.22. The number of ether oxygens (including phenoxy) is 1. The van der Waals surface area contributed by atoms with Crippen molar-refractivity contribution in [1.29, 1.82) is 0 Å². The summed E-state index contributed by atoms with van der Waals surface area (Å²) in [5.74, 6) is 5.34. The Hall–Kier alpha value is -1.92. The SMILES string of the molecule is CCOC(=O)CC#Cc1cc2cc[nH]c2cc1Cl. The van der Waals surface area contributed by atoms with E-state index in [4.69, 9.17) is 16.3 Å². The van der Waals surface area contributed by atoms with Crippen LogP contribution in [0, 0.1) is 11.8 Å². The third-order valence-electron chi connectivity index (χ3n) is 2.40. The molecule has 0 saturated heterocycles. The van der Waals surface area contributed by atoms with Gasteiger partial charge >= 0.3 is 5.97 Å². The first-order valence-corrected chi connectivity index (χ1v) is 5.99. The first kappa shape index (κ1) is 12.5. The van der Waals surface area contributed by atoms with Crippen molar-refractivity contribution < 1.29 is 9.53 Å². The minimum Gasteiger partial charge on any atom is -0.465 e. The third-order valence-corrected chi connectivity index (χ3v) is 2.71. The lowest BCUT2D eigenvalue weighted by Gasteiger charge is -1.97. The van der Waals surface area contributed by atoms with Crippen molar-refractivity contribution in [2.75, 3.05) is 6.61 Å². The molecule has 0 spiro atoms. The predicted molar refractivity (Wildman–Crippen MR) is 71.4 cm³/mol. The number of hydrogen-bond acceptors (Lipinski definition) is 2. The Morgan fingerprint density at radius 2 is 2.33 bits per heavy atom. The Morgan fingerprint density at radius 3 is 3.11 bits per heavy atom. The highest BCUT2D eigenvalue weighted by Gasteiger charge is 2.02. The van der Waals surface area contributed by atoms with E-state index in [0.29, 0.717) is 17.2 Å². The molecule has 0 aliphatic carbocycles. The first-order chi connectivity index (χ1) is 8.70. The molecule has 3 nitrogen and oxygen atoms in total. The van der Waals surface area contributed by atoms with E-state index >= 15 is 0 Å². The average molecular weight is 262 g/mol. The summed E-state index contributed by atoms with van der Waals surface area (Å²) in [6.07, 6.45) is 1.92. The van der Waals surface area contributed by atoms with Gasteiger partial charge in [-0.15, -0.1) is 0 Å². The number of esters is 1. The van der Waals surface area contributed by atoms with Crippen LogP contribution < -0.4 is 0 Å². The van der Waals surface area contributed by atoms with Crippen molar-refractivity contribution in [3.8, 4) is 11.8 Å². The molecule has 0 radical (unpaired) electrons. The number of halogens is 1. The molecule has 92 valence electrons. The molecule has 0 bridgehead atoms. The smallest absolute Gasteiger partial charge is 0.317 e. The molecule has 0 atom stereocenters. The van der Waals surface area contributed by atoms with Crippen LogP contribution in [0.25, 0.3) is 10.9 Å². The molecule has 1 aromatic carbocycles. The molecule has 1 N–H and O–H groups in total. The van der Waals surface area contributed by atoms with E-state index in [9.17, 15) is 4.79 Å². The van der Waals surface area contributed by atoms with E-state index in [0.717, 1.165) is 10.9 Å². The van der Waals surface area contributed by atoms with Gasteiger partial charge in [-0.25, -0.2) is 0 Å². The summed E-state index contributed by atoms with van der Waals surface area (Å²) in [6, 6.07) is 5.67. The highest BCUT2D eigenvalue weighted by atomic mass is 35.5. The van der Waals surface area contributed by atoms with Gasteiger partial charge in [0.15, 0.2) is 0 Å². The van der Waals surface area contributed by atoms with Crippen molar-refractivity contribution in [3.05, 3.63) is 35.0 Å². The number of aromatic amines is 1. The van der Waals surface area contributed by atoms with E-state index in [1.165, 1.54) is 0 Å². The van der Waals surface area contributed by atoms with Crippen LogP contribution in [0.3, 0.4) is 0 Å². The van der Waals surface area contributed by atoms with Gasteiger partial charge < -0.3 is 9.72 Å². The van der Waals surface area contributed by atoms with Gasteiger partial charge in [-0.2, -0.15) is 0 Å². The normalized spacial score (nSPS) is 9.89. The molecule has 1 aromatic heterocycles. The zero-order valence-corrected chi connectivity index (χ0v) is 10.7. The van der Waals surface area contributed by atoms with E-state index in [2.05, 4.69) is 16.8 Å². The maximum Gasteiger partial charge on any atom is 0.317 e. The summed E-state index contributed by atoms with van der Waals surface area (Å²) in [6.45, 7) is 2.14. The number of aromatic nitrogens is 1. The number of carbonyl (C=O) groups is 1. The second-order valence-electron chi connectivity index (χ2n) is 3.68. The summed E-state index contributed by atoms with van der Waals surface area (Å²) in [5.41, 5.74) is 1.68.